The molecule has 4 heteroatoms. The fourth-order valence-corrected chi connectivity index (χ4v) is 3.32. The van der Waals surface area contributed by atoms with Crippen LogP contribution in [-0.4, -0.2) is 12.7 Å². The van der Waals surface area contributed by atoms with Crippen molar-refractivity contribution in [2.45, 2.75) is 44.1 Å². The summed E-state index contributed by atoms with van der Waals surface area (Å²) < 4.78 is 6.88. The molecule has 3 nitrogen and oxygen atoms in total. The third-order valence-corrected chi connectivity index (χ3v) is 5.02. The molecule has 0 N–H and O–H groups in total. The van der Waals surface area contributed by atoms with E-state index < -0.39 is 0 Å². The monoisotopic (exact) mass is 335 g/mol. The molecular formula is C16H18BrNO2. The summed E-state index contributed by atoms with van der Waals surface area (Å²) in [6.07, 6.45) is 8.56. The second-order valence-corrected chi connectivity index (χ2v) is 6.79. The first-order valence-electron chi connectivity index (χ1n) is 7.25. The number of isocyanates is 1. The number of hydrogen-bond donors (Lipinski definition) is 0. The van der Waals surface area contributed by atoms with E-state index in [1.165, 1.54) is 19.3 Å². The number of rotatable bonds is 5. The van der Waals surface area contributed by atoms with Gasteiger partial charge >= 0.3 is 0 Å². The number of hydrogen-bond acceptors (Lipinski definition) is 3. The van der Waals surface area contributed by atoms with Crippen molar-refractivity contribution in [2.75, 3.05) is 6.61 Å². The normalized spacial score (nSPS) is 20.4. The quantitative estimate of drug-likeness (QED) is 0.592. The minimum Gasteiger partial charge on any atom is -0.493 e. The van der Waals surface area contributed by atoms with E-state index in [1.54, 1.807) is 6.08 Å². The molecule has 0 spiro atoms. The van der Waals surface area contributed by atoms with Crippen LogP contribution in [0.15, 0.2) is 27.7 Å². The van der Waals surface area contributed by atoms with E-state index in [9.17, 15) is 4.79 Å². The fourth-order valence-electron chi connectivity index (χ4n) is 2.85. The maximum atomic E-state index is 10.7. The van der Waals surface area contributed by atoms with Crippen LogP contribution in [0.3, 0.4) is 0 Å². The summed E-state index contributed by atoms with van der Waals surface area (Å²) in [5, 5.41) is 0. The highest BCUT2D eigenvalue weighted by Gasteiger charge is 2.39. The fraction of sp³-hybridized carbons (Fsp3) is 0.562. The van der Waals surface area contributed by atoms with Crippen molar-refractivity contribution in [3.63, 3.8) is 0 Å². The second kappa shape index (κ2) is 5.71. The van der Waals surface area contributed by atoms with Gasteiger partial charge in [-0.25, -0.2) is 4.79 Å². The summed E-state index contributed by atoms with van der Waals surface area (Å²) in [6, 6.07) is 6.05. The van der Waals surface area contributed by atoms with Gasteiger partial charge in [-0.15, -0.1) is 0 Å². The summed E-state index contributed by atoms with van der Waals surface area (Å²) in [5.41, 5.74) is 0.699. The highest BCUT2D eigenvalue weighted by Crippen LogP contribution is 2.46. The Kier molecular flexibility index (Phi) is 3.95. The SMILES string of the molecule is O=C=NC1(c2cc(Br)cc(OCC3CCC3)c2)CCC1. The van der Waals surface area contributed by atoms with Crippen LogP contribution in [0.2, 0.25) is 0 Å². The molecule has 0 heterocycles. The number of carbonyl (C=O) groups excluding carboxylic acids is 1. The Balaban J connectivity index is 1.80. The van der Waals surface area contributed by atoms with Gasteiger partial charge in [0, 0.05) is 4.47 Å². The highest BCUT2D eigenvalue weighted by atomic mass is 79.9. The van der Waals surface area contributed by atoms with Crippen molar-refractivity contribution in [1.82, 2.24) is 0 Å². The van der Waals surface area contributed by atoms with Gasteiger partial charge in [0.15, 0.2) is 0 Å². The van der Waals surface area contributed by atoms with Crippen LogP contribution in [0, 0.1) is 5.92 Å². The molecule has 0 atom stereocenters. The van der Waals surface area contributed by atoms with Crippen LogP contribution in [0.25, 0.3) is 0 Å². The number of benzene rings is 1. The molecule has 3 rings (SSSR count). The molecule has 2 saturated carbocycles. The zero-order valence-corrected chi connectivity index (χ0v) is 13.0. The molecule has 1 aromatic carbocycles. The highest BCUT2D eigenvalue weighted by molar-refractivity contribution is 9.10. The Labute approximate surface area is 127 Å². The molecule has 2 fully saturated rings. The first kappa shape index (κ1) is 13.8. The molecule has 0 saturated heterocycles. The average molecular weight is 336 g/mol. The average Bonchev–Trinajstić information content (AvgIpc) is 2.31. The zero-order chi connectivity index (χ0) is 14.0. The lowest BCUT2D eigenvalue weighted by atomic mass is 9.72. The van der Waals surface area contributed by atoms with Gasteiger partial charge in [0.25, 0.3) is 0 Å². The Morgan fingerprint density at radius 2 is 2.10 bits per heavy atom. The number of nitrogens with zero attached hydrogens (tertiary/aromatic N) is 1. The molecule has 1 aromatic rings. The lowest BCUT2D eigenvalue weighted by molar-refractivity contribution is 0.179. The maximum absolute atomic E-state index is 10.7. The minimum absolute atomic E-state index is 0.361. The van der Waals surface area contributed by atoms with Gasteiger partial charge in [0.1, 0.15) is 5.75 Å². The summed E-state index contributed by atoms with van der Waals surface area (Å²) in [5.74, 6) is 1.58. The van der Waals surface area contributed by atoms with Crippen LogP contribution in [-0.2, 0) is 10.3 Å². The molecular weight excluding hydrogens is 318 g/mol. The first-order valence-corrected chi connectivity index (χ1v) is 8.04. The third kappa shape index (κ3) is 2.68. The zero-order valence-electron chi connectivity index (χ0n) is 11.4. The topological polar surface area (TPSA) is 38.7 Å². The van der Waals surface area contributed by atoms with E-state index in [0.717, 1.165) is 41.7 Å². The van der Waals surface area contributed by atoms with Gasteiger partial charge in [-0.3, -0.25) is 0 Å². The summed E-state index contributed by atoms with van der Waals surface area (Å²) >= 11 is 3.53. The molecule has 0 amide bonds. The van der Waals surface area contributed by atoms with Crippen molar-refractivity contribution in [2.24, 2.45) is 10.9 Å². The minimum atomic E-state index is -0.361. The Bertz CT molecular complexity index is 543. The van der Waals surface area contributed by atoms with Crippen LogP contribution >= 0.6 is 15.9 Å². The Hall–Kier alpha value is -1.12. The second-order valence-electron chi connectivity index (χ2n) is 5.87. The van der Waals surface area contributed by atoms with Gasteiger partial charge in [-0.1, -0.05) is 22.4 Å². The molecule has 0 bridgehead atoms. The van der Waals surface area contributed by atoms with Crippen molar-refractivity contribution in [3.8, 4) is 5.75 Å². The van der Waals surface area contributed by atoms with Gasteiger partial charge in [0.05, 0.1) is 12.1 Å². The predicted octanol–water partition coefficient (Wildman–Crippen LogP) is 4.34. The Morgan fingerprint density at radius 1 is 1.30 bits per heavy atom. The lowest BCUT2D eigenvalue weighted by Gasteiger charge is -2.37. The van der Waals surface area contributed by atoms with E-state index in [0.29, 0.717) is 5.92 Å². The molecule has 0 aromatic heterocycles. The molecule has 2 aliphatic carbocycles. The van der Waals surface area contributed by atoms with Crippen LogP contribution in [0.1, 0.15) is 44.1 Å². The van der Waals surface area contributed by atoms with Crippen LogP contribution in [0.5, 0.6) is 5.75 Å². The van der Waals surface area contributed by atoms with E-state index in [-0.39, 0.29) is 5.54 Å². The number of aliphatic imine (C=N–C) groups is 1. The molecule has 20 heavy (non-hydrogen) atoms. The number of ether oxygens (including phenoxy) is 1. The van der Waals surface area contributed by atoms with E-state index in [4.69, 9.17) is 4.74 Å². The van der Waals surface area contributed by atoms with Gasteiger partial charge in [-0.2, -0.15) is 4.99 Å². The molecule has 0 unspecified atom stereocenters. The largest absolute Gasteiger partial charge is 0.493 e. The standard InChI is InChI=1S/C16H18BrNO2/c17-14-7-13(16(18-11-19)5-2-6-16)8-15(9-14)20-10-12-3-1-4-12/h7-9,12H,1-6,10H2. The number of halogens is 1. The van der Waals surface area contributed by atoms with Crippen molar-refractivity contribution < 1.29 is 9.53 Å². The van der Waals surface area contributed by atoms with Gasteiger partial charge < -0.3 is 4.74 Å². The Morgan fingerprint density at radius 3 is 2.65 bits per heavy atom. The van der Waals surface area contributed by atoms with E-state index >= 15 is 0 Å². The van der Waals surface area contributed by atoms with Crippen molar-refractivity contribution in [3.05, 3.63) is 28.2 Å². The van der Waals surface area contributed by atoms with Crippen molar-refractivity contribution in [1.29, 1.82) is 0 Å². The molecule has 0 aliphatic heterocycles. The lowest BCUT2D eigenvalue weighted by Crippen LogP contribution is -2.32. The van der Waals surface area contributed by atoms with Gasteiger partial charge in [-0.05, 0) is 61.8 Å². The summed E-state index contributed by atoms with van der Waals surface area (Å²) in [4.78, 5) is 14.7. The van der Waals surface area contributed by atoms with E-state index in [2.05, 4.69) is 20.9 Å². The molecule has 2 aliphatic rings. The van der Waals surface area contributed by atoms with Gasteiger partial charge in [0.2, 0.25) is 6.08 Å². The first-order chi connectivity index (χ1) is 9.72. The van der Waals surface area contributed by atoms with Crippen LogP contribution in [0.4, 0.5) is 0 Å². The van der Waals surface area contributed by atoms with Crippen molar-refractivity contribution >= 4 is 22.0 Å². The van der Waals surface area contributed by atoms with Crippen LogP contribution < -0.4 is 4.74 Å². The van der Waals surface area contributed by atoms with E-state index in [1.807, 2.05) is 18.2 Å². The summed E-state index contributed by atoms with van der Waals surface area (Å²) in [6.45, 7) is 0.792. The predicted molar refractivity (Wildman–Crippen MR) is 80.6 cm³/mol. The summed E-state index contributed by atoms with van der Waals surface area (Å²) in [7, 11) is 0. The smallest absolute Gasteiger partial charge is 0.235 e. The maximum Gasteiger partial charge on any atom is 0.235 e. The molecule has 0 radical (unpaired) electrons. The molecule has 106 valence electrons. The third-order valence-electron chi connectivity index (χ3n) is 4.56.